The lowest BCUT2D eigenvalue weighted by atomic mass is 9.84. The lowest BCUT2D eigenvalue weighted by Crippen LogP contribution is -2.33. The van der Waals surface area contributed by atoms with Crippen LogP contribution in [0.2, 0.25) is 6.32 Å². The second kappa shape index (κ2) is 3.13. The first-order valence-electron chi connectivity index (χ1n) is 4.28. The van der Waals surface area contributed by atoms with E-state index in [0.29, 0.717) is 17.6 Å². The third-order valence-electron chi connectivity index (χ3n) is 1.94. The van der Waals surface area contributed by atoms with Crippen LogP contribution in [0.3, 0.4) is 0 Å². The van der Waals surface area contributed by atoms with Crippen LogP contribution in [-0.2, 0) is 4.65 Å². The molecule has 0 unspecified atom stereocenters. The van der Waals surface area contributed by atoms with E-state index in [9.17, 15) is 4.79 Å². The highest BCUT2D eigenvalue weighted by atomic mass is 16.6. The molecule has 0 spiro atoms. The molecule has 0 bridgehead atoms. The Kier molecular flexibility index (Phi) is 1.96. The Hall–Kier alpha value is -1.45. The van der Waals surface area contributed by atoms with Gasteiger partial charge in [0.15, 0.2) is 0 Å². The molecule has 1 aromatic rings. The fourth-order valence-electron chi connectivity index (χ4n) is 1.25. The zero-order valence-electron chi connectivity index (χ0n) is 7.32. The van der Waals surface area contributed by atoms with Crippen LogP contribution < -0.4 is 4.65 Å². The third kappa shape index (κ3) is 1.39. The average Bonchev–Trinajstić information content (AvgIpc) is 2.18. The lowest BCUT2D eigenvalue weighted by Gasteiger charge is -2.21. The number of para-hydroxylation sites is 1. The van der Waals surface area contributed by atoms with Gasteiger partial charge < -0.3 is 9.31 Å². The van der Waals surface area contributed by atoms with Gasteiger partial charge in [-0.2, -0.15) is 0 Å². The quantitative estimate of drug-likeness (QED) is 0.611. The van der Waals surface area contributed by atoms with Gasteiger partial charge in [0.1, 0.15) is 5.75 Å². The summed E-state index contributed by atoms with van der Waals surface area (Å²) in [4.78, 5) is 11.4. The summed E-state index contributed by atoms with van der Waals surface area (Å²) in [5, 5.41) is 0. The summed E-state index contributed by atoms with van der Waals surface area (Å²) < 4.78 is 10.4. The molecule has 0 radical (unpaired) electrons. The number of rotatable bonds is 1. The van der Waals surface area contributed by atoms with Crippen LogP contribution in [0.25, 0.3) is 0 Å². The van der Waals surface area contributed by atoms with E-state index in [-0.39, 0.29) is 5.97 Å². The number of fused-ring (bicyclic) bond motifs is 1. The number of benzene rings is 1. The van der Waals surface area contributed by atoms with Crippen molar-refractivity contribution in [3.63, 3.8) is 0 Å². The average molecular weight is 176 g/mol. The molecule has 0 N–H and O–H groups in total. The Morgan fingerprint density at radius 1 is 1.31 bits per heavy atom. The minimum absolute atomic E-state index is 0.297. The summed E-state index contributed by atoms with van der Waals surface area (Å²) in [6.45, 7) is 1.91. The van der Waals surface area contributed by atoms with E-state index >= 15 is 0 Å². The van der Waals surface area contributed by atoms with Crippen molar-refractivity contribution < 1.29 is 14.1 Å². The molecular formula is C9H9BO3. The molecule has 0 saturated carbocycles. The van der Waals surface area contributed by atoms with E-state index in [1.165, 1.54) is 0 Å². The predicted molar refractivity (Wildman–Crippen MR) is 48.7 cm³/mol. The van der Waals surface area contributed by atoms with Gasteiger partial charge in [-0.3, -0.25) is 0 Å². The van der Waals surface area contributed by atoms with Gasteiger partial charge >= 0.3 is 13.1 Å². The summed E-state index contributed by atoms with van der Waals surface area (Å²) in [5.41, 5.74) is 0.507. The molecule has 1 aromatic carbocycles. The zero-order valence-corrected chi connectivity index (χ0v) is 7.32. The molecule has 0 aliphatic carbocycles. The molecule has 0 aromatic heterocycles. The fourth-order valence-corrected chi connectivity index (χ4v) is 1.25. The van der Waals surface area contributed by atoms with Gasteiger partial charge in [0.05, 0.1) is 5.56 Å². The number of carbonyl (C=O) groups excluding carboxylic acids is 1. The molecular weight excluding hydrogens is 167 g/mol. The van der Waals surface area contributed by atoms with Gasteiger partial charge in [0.25, 0.3) is 0 Å². The molecule has 0 amide bonds. The highest BCUT2D eigenvalue weighted by Gasteiger charge is 2.31. The molecule has 66 valence electrons. The maximum absolute atomic E-state index is 11.4. The van der Waals surface area contributed by atoms with Crippen molar-refractivity contribution in [3.05, 3.63) is 29.8 Å². The van der Waals surface area contributed by atoms with Gasteiger partial charge in [-0.15, -0.1) is 0 Å². The first kappa shape index (κ1) is 8.17. The topological polar surface area (TPSA) is 35.5 Å². The van der Waals surface area contributed by atoms with E-state index in [1.54, 1.807) is 18.2 Å². The van der Waals surface area contributed by atoms with Crippen molar-refractivity contribution in [1.29, 1.82) is 0 Å². The van der Waals surface area contributed by atoms with Crippen LogP contribution in [0.1, 0.15) is 17.3 Å². The molecule has 1 aliphatic heterocycles. The maximum atomic E-state index is 11.4. The van der Waals surface area contributed by atoms with E-state index in [2.05, 4.69) is 0 Å². The Morgan fingerprint density at radius 3 is 2.85 bits per heavy atom. The van der Waals surface area contributed by atoms with Crippen LogP contribution in [0, 0.1) is 0 Å². The standard InChI is InChI=1S/C9H9BO3/c1-2-10-12-8-6-4-3-5-7(8)9(11)13-10/h3-6H,2H2,1H3. The minimum atomic E-state index is -0.428. The summed E-state index contributed by atoms with van der Waals surface area (Å²) in [7, 11) is -0.428. The van der Waals surface area contributed by atoms with Gasteiger partial charge in [0, 0.05) is 6.32 Å². The molecule has 1 heterocycles. The Morgan fingerprint density at radius 2 is 2.08 bits per heavy atom. The van der Waals surface area contributed by atoms with E-state index in [4.69, 9.17) is 9.31 Å². The normalized spacial score (nSPS) is 14.5. The van der Waals surface area contributed by atoms with Crippen molar-refractivity contribution >= 4 is 13.1 Å². The largest absolute Gasteiger partial charge is 0.596 e. The first-order valence-corrected chi connectivity index (χ1v) is 4.28. The number of hydrogen-bond donors (Lipinski definition) is 0. The summed E-state index contributed by atoms with van der Waals surface area (Å²) in [5.74, 6) is 0.319. The van der Waals surface area contributed by atoms with Gasteiger partial charge in [0.2, 0.25) is 0 Å². The highest BCUT2D eigenvalue weighted by Crippen LogP contribution is 2.24. The second-order valence-electron chi connectivity index (χ2n) is 2.86. The molecule has 0 atom stereocenters. The molecule has 1 aliphatic rings. The summed E-state index contributed by atoms with van der Waals surface area (Å²) in [6.07, 6.45) is 0.667. The van der Waals surface area contributed by atoms with E-state index in [1.807, 2.05) is 13.0 Å². The Bertz CT molecular complexity index is 337. The summed E-state index contributed by atoms with van der Waals surface area (Å²) in [6, 6.07) is 7.10. The summed E-state index contributed by atoms with van der Waals surface area (Å²) >= 11 is 0. The predicted octanol–water partition coefficient (Wildman–Crippen LogP) is 1.74. The van der Waals surface area contributed by atoms with Crippen molar-refractivity contribution in [2.24, 2.45) is 0 Å². The van der Waals surface area contributed by atoms with Crippen LogP contribution in [0.5, 0.6) is 5.75 Å². The SMILES string of the molecule is CCB1OC(=O)c2ccccc2O1. The maximum Gasteiger partial charge on any atom is 0.596 e. The van der Waals surface area contributed by atoms with Crippen molar-refractivity contribution in [3.8, 4) is 5.75 Å². The lowest BCUT2D eigenvalue weighted by molar-refractivity contribution is 0.0679. The van der Waals surface area contributed by atoms with Crippen molar-refractivity contribution in [1.82, 2.24) is 0 Å². The first-order chi connectivity index (χ1) is 6.31. The fraction of sp³-hybridized carbons (Fsp3) is 0.222. The van der Waals surface area contributed by atoms with Crippen LogP contribution in [-0.4, -0.2) is 13.1 Å². The molecule has 3 nitrogen and oxygen atoms in total. The molecule has 13 heavy (non-hydrogen) atoms. The molecule has 2 rings (SSSR count). The number of hydrogen-bond acceptors (Lipinski definition) is 3. The van der Waals surface area contributed by atoms with Gasteiger partial charge in [-0.05, 0) is 12.1 Å². The van der Waals surface area contributed by atoms with Gasteiger partial charge in [-0.1, -0.05) is 19.1 Å². The van der Waals surface area contributed by atoms with Crippen LogP contribution in [0.4, 0.5) is 0 Å². The van der Waals surface area contributed by atoms with Crippen molar-refractivity contribution in [2.75, 3.05) is 0 Å². The number of carbonyl (C=O) groups is 1. The van der Waals surface area contributed by atoms with Crippen LogP contribution >= 0.6 is 0 Å². The minimum Gasteiger partial charge on any atom is -0.525 e. The molecule has 4 heteroatoms. The monoisotopic (exact) mass is 176 g/mol. The Labute approximate surface area is 76.8 Å². The van der Waals surface area contributed by atoms with Gasteiger partial charge in [-0.25, -0.2) is 4.79 Å². The zero-order chi connectivity index (χ0) is 9.26. The second-order valence-corrected chi connectivity index (χ2v) is 2.86. The van der Waals surface area contributed by atoms with E-state index in [0.717, 1.165) is 0 Å². The highest BCUT2D eigenvalue weighted by molar-refractivity contribution is 6.49. The van der Waals surface area contributed by atoms with Crippen molar-refractivity contribution in [2.45, 2.75) is 13.2 Å². The third-order valence-corrected chi connectivity index (χ3v) is 1.94. The Balaban J connectivity index is 2.37. The smallest absolute Gasteiger partial charge is 0.525 e. The molecule has 0 fully saturated rings. The van der Waals surface area contributed by atoms with E-state index < -0.39 is 7.12 Å². The molecule has 0 saturated heterocycles. The van der Waals surface area contributed by atoms with Crippen LogP contribution in [0.15, 0.2) is 24.3 Å².